The molecule has 0 radical (unpaired) electrons. The summed E-state index contributed by atoms with van der Waals surface area (Å²) < 4.78 is 5.31. The van der Waals surface area contributed by atoms with Gasteiger partial charge in [0, 0.05) is 11.3 Å². The van der Waals surface area contributed by atoms with Gasteiger partial charge in [-0.25, -0.2) is 0 Å². The standard InChI is InChI=1S/C13H23N3OS/c1-3-11(14)9(2)13-15-12(16-17-13)8-18-10-6-4-5-7-10/h9-11H,3-8,14H2,1-2H3. The van der Waals surface area contributed by atoms with Crippen molar-refractivity contribution in [2.75, 3.05) is 0 Å². The van der Waals surface area contributed by atoms with E-state index in [-0.39, 0.29) is 12.0 Å². The normalized spacial score (nSPS) is 20.2. The van der Waals surface area contributed by atoms with Crippen LogP contribution in [0.1, 0.15) is 63.6 Å². The Hall–Kier alpha value is -0.550. The highest BCUT2D eigenvalue weighted by atomic mass is 32.2. The van der Waals surface area contributed by atoms with Crippen molar-refractivity contribution >= 4 is 11.8 Å². The Morgan fingerprint density at radius 1 is 1.44 bits per heavy atom. The predicted molar refractivity (Wildman–Crippen MR) is 74.5 cm³/mol. The van der Waals surface area contributed by atoms with Crippen LogP contribution in [0.3, 0.4) is 0 Å². The lowest BCUT2D eigenvalue weighted by atomic mass is 10.0. The number of hydrogen-bond donors (Lipinski definition) is 1. The largest absolute Gasteiger partial charge is 0.339 e. The first-order chi connectivity index (χ1) is 8.70. The van der Waals surface area contributed by atoms with Gasteiger partial charge in [0.15, 0.2) is 5.82 Å². The van der Waals surface area contributed by atoms with Gasteiger partial charge in [0.2, 0.25) is 5.89 Å². The summed E-state index contributed by atoms with van der Waals surface area (Å²) in [5, 5.41) is 4.85. The van der Waals surface area contributed by atoms with E-state index in [0.717, 1.165) is 23.2 Å². The second kappa shape index (κ2) is 6.57. The van der Waals surface area contributed by atoms with Crippen molar-refractivity contribution in [3.05, 3.63) is 11.7 Å². The van der Waals surface area contributed by atoms with Crippen LogP contribution in [0.2, 0.25) is 0 Å². The van der Waals surface area contributed by atoms with E-state index in [0.29, 0.717) is 5.89 Å². The average Bonchev–Trinajstić information content (AvgIpc) is 3.05. The molecule has 2 atom stereocenters. The molecule has 1 aromatic heterocycles. The van der Waals surface area contributed by atoms with Crippen molar-refractivity contribution in [2.45, 2.75) is 68.9 Å². The van der Waals surface area contributed by atoms with Gasteiger partial charge >= 0.3 is 0 Å². The highest BCUT2D eigenvalue weighted by Crippen LogP contribution is 2.31. The predicted octanol–water partition coefficient (Wildman–Crippen LogP) is 3.09. The van der Waals surface area contributed by atoms with Gasteiger partial charge in [0.05, 0.1) is 11.7 Å². The Bertz CT molecular complexity index is 363. The van der Waals surface area contributed by atoms with Gasteiger partial charge in [0.25, 0.3) is 0 Å². The van der Waals surface area contributed by atoms with E-state index in [2.05, 4.69) is 24.0 Å². The number of nitrogens with two attached hydrogens (primary N) is 1. The maximum Gasteiger partial charge on any atom is 0.231 e. The van der Waals surface area contributed by atoms with Crippen molar-refractivity contribution < 1.29 is 4.52 Å². The number of rotatable bonds is 6. The SMILES string of the molecule is CCC(N)C(C)c1nc(CSC2CCCC2)no1. The molecule has 5 heteroatoms. The Morgan fingerprint density at radius 3 is 2.83 bits per heavy atom. The van der Waals surface area contributed by atoms with E-state index in [9.17, 15) is 0 Å². The lowest BCUT2D eigenvalue weighted by molar-refractivity contribution is 0.337. The highest BCUT2D eigenvalue weighted by molar-refractivity contribution is 7.99. The van der Waals surface area contributed by atoms with E-state index in [1.165, 1.54) is 25.7 Å². The minimum Gasteiger partial charge on any atom is -0.339 e. The van der Waals surface area contributed by atoms with Crippen LogP contribution < -0.4 is 5.73 Å². The van der Waals surface area contributed by atoms with Crippen LogP contribution in [0, 0.1) is 0 Å². The first-order valence-corrected chi connectivity index (χ1v) is 7.95. The molecule has 0 spiro atoms. The Labute approximate surface area is 113 Å². The molecule has 1 saturated carbocycles. The maximum atomic E-state index is 6.00. The van der Waals surface area contributed by atoms with Crippen LogP contribution in [0.25, 0.3) is 0 Å². The van der Waals surface area contributed by atoms with E-state index < -0.39 is 0 Å². The van der Waals surface area contributed by atoms with Crippen molar-refractivity contribution in [1.82, 2.24) is 10.1 Å². The molecule has 0 aromatic carbocycles. The summed E-state index contributed by atoms with van der Waals surface area (Å²) in [6, 6.07) is 0.0979. The zero-order valence-corrected chi connectivity index (χ0v) is 12.1. The highest BCUT2D eigenvalue weighted by Gasteiger charge is 2.21. The molecule has 1 aliphatic rings. The van der Waals surface area contributed by atoms with Crippen LogP contribution in [0.4, 0.5) is 0 Å². The summed E-state index contributed by atoms with van der Waals surface area (Å²) in [6.07, 6.45) is 6.35. The Kier molecular flexibility index (Phi) is 5.06. The molecule has 18 heavy (non-hydrogen) atoms. The molecule has 1 aromatic rings. The monoisotopic (exact) mass is 269 g/mol. The molecular formula is C13H23N3OS. The quantitative estimate of drug-likeness (QED) is 0.859. The maximum absolute atomic E-state index is 6.00. The summed E-state index contributed by atoms with van der Waals surface area (Å²) in [7, 11) is 0. The number of hydrogen-bond acceptors (Lipinski definition) is 5. The topological polar surface area (TPSA) is 64.9 Å². The molecule has 0 saturated heterocycles. The lowest BCUT2D eigenvalue weighted by Gasteiger charge is -2.13. The molecule has 1 fully saturated rings. The molecule has 2 N–H and O–H groups in total. The first kappa shape index (κ1) is 13.9. The molecule has 2 rings (SSSR count). The van der Waals surface area contributed by atoms with E-state index >= 15 is 0 Å². The molecule has 0 aliphatic heterocycles. The molecule has 0 amide bonds. The zero-order chi connectivity index (χ0) is 13.0. The zero-order valence-electron chi connectivity index (χ0n) is 11.3. The molecule has 1 aliphatic carbocycles. The van der Waals surface area contributed by atoms with Crippen LogP contribution >= 0.6 is 11.8 Å². The van der Waals surface area contributed by atoms with Gasteiger partial charge in [-0.05, 0) is 19.3 Å². The third-order valence-electron chi connectivity index (χ3n) is 3.74. The minimum absolute atomic E-state index is 0.0979. The summed E-state index contributed by atoms with van der Waals surface area (Å²) in [5.74, 6) is 2.51. The molecule has 102 valence electrons. The van der Waals surface area contributed by atoms with Gasteiger partial charge in [-0.3, -0.25) is 0 Å². The van der Waals surface area contributed by atoms with Gasteiger partial charge in [-0.1, -0.05) is 31.8 Å². The molecule has 2 unspecified atom stereocenters. The fourth-order valence-electron chi connectivity index (χ4n) is 2.30. The Morgan fingerprint density at radius 2 is 2.17 bits per heavy atom. The van der Waals surface area contributed by atoms with Crippen molar-refractivity contribution in [3.8, 4) is 0 Å². The number of thioether (sulfide) groups is 1. The van der Waals surface area contributed by atoms with Gasteiger partial charge in [0.1, 0.15) is 0 Å². The summed E-state index contributed by atoms with van der Waals surface area (Å²) in [6.45, 7) is 4.13. The molecule has 1 heterocycles. The van der Waals surface area contributed by atoms with Crippen molar-refractivity contribution in [3.63, 3.8) is 0 Å². The average molecular weight is 269 g/mol. The third-order valence-corrected chi connectivity index (χ3v) is 5.10. The number of nitrogens with zero attached hydrogens (tertiary/aromatic N) is 2. The fourth-order valence-corrected chi connectivity index (χ4v) is 3.46. The first-order valence-electron chi connectivity index (χ1n) is 6.90. The van der Waals surface area contributed by atoms with Gasteiger partial charge in [-0.15, -0.1) is 0 Å². The van der Waals surface area contributed by atoms with E-state index in [1.807, 2.05) is 11.8 Å². The molecule has 4 nitrogen and oxygen atoms in total. The van der Waals surface area contributed by atoms with Crippen molar-refractivity contribution in [2.24, 2.45) is 5.73 Å². The van der Waals surface area contributed by atoms with E-state index in [4.69, 9.17) is 10.3 Å². The number of aromatic nitrogens is 2. The summed E-state index contributed by atoms with van der Waals surface area (Å²) in [4.78, 5) is 4.46. The van der Waals surface area contributed by atoms with Gasteiger partial charge in [-0.2, -0.15) is 16.7 Å². The summed E-state index contributed by atoms with van der Waals surface area (Å²) in [5.41, 5.74) is 6.00. The third kappa shape index (κ3) is 3.48. The summed E-state index contributed by atoms with van der Waals surface area (Å²) >= 11 is 1.96. The van der Waals surface area contributed by atoms with Crippen LogP contribution in [0.15, 0.2) is 4.52 Å². The minimum atomic E-state index is 0.0979. The van der Waals surface area contributed by atoms with Crippen LogP contribution in [-0.4, -0.2) is 21.4 Å². The molecular weight excluding hydrogens is 246 g/mol. The van der Waals surface area contributed by atoms with Crippen molar-refractivity contribution in [1.29, 1.82) is 0 Å². The fraction of sp³-hybridized carbons (Fsp3) is 0.846. The second-order valence-corrected chi connectivity index (χ2v) is 6.42. The Balaban J connectivity index is 1.85. The molecule has 0 bridgehead atoms. The smallest absolute Gasteiger partial charge is 0.231 e. The van der Waals surface area contributed by atoms with Gasteiger partial charge < -0.3 is 10.3 Å². The lowest BCUT2D eigenvalue weighted by Crippen LogP contribution is -2.25. The van der Waals surface area contributed by atoms with Crippen LogP contribution in [-0.2, 0) is 5.75 Å². The van der Waals surface area contributed by atoms with E-state index in [1.54, 1.807) is 0 Å². The second-order valence-electron chi connectivity index (χ2n) is 5.13. The van der Waals surface area contributed by atoms with Crippen LogP contribution in [0.5, 0.6) is 0 Å².